The van der Waals surface area contributed by atoms with Crippen molar-refractivity contribution in [2.75, 3.05) is 24.5 Å². The monoisotopic (exact) mass is 296 g/mol. The average molecular weight is 297 g/mol. The van der Waals surface area contributed by atoms with Gasteiger partial charge in [0.25, 0.3) is 0 Å². The summed E-state index contributed by atoms with van der Waals surface area (Å²) in [6.07, 6.45) is 2.88. The van der Waals surface area contributed by atoms with Crippen molar-refractivity contribution < 1.29 is 4.79 Å². The van der Waals surface area contributed by atoms with Crippen molar-refractivity contribution in [1.29, 1.82) is 0 Å². The summed E-state index contributed by atoms with van der Waals surface area (Å²) in [5.41, 5.74) is 2.22. The molecule has 1 fully saturated rings. The van der Waals surface area contributed by atoms with Crippen molar-refractivity contribution in [3.63, 3.8) is 0 Å². The molecule has 1 aliphatic rings. The van der Waals surface area contributed by atoms with Crippen molar-refractivity contribution >= 4 is 24.0 Å². The quantitative estimate of drug-likeness (QED) is 0.905. The molecule has 1 aromatic rings. The summed E-state index contributed by atoms with van der Waals surface area (Å²) >= 11 is 0. The first-order valence-corrected chi connectivity index (χ1v) is 7.28. The Labute approximate surface area is 128 Å². The molecule has 20 heavy (non-hydrogen) atoms. The molecule has 112 valence electrons. The normalized spacial score (nSPS) is 17.6. The molecule has 2 rings (SSSR count). The number of amides is 1. The van der Waals surface area contributed by atoms with Gasteiger partial charge in [-0.15, -0.1) is 12.4 Å². The van der Waals surface area contributed by atoms with E-state index in [-0.39, 0.29) is 18.3 Å². The van der Waals surface area contributed by atoms with E-state index >= 15 is 0 Å². The number of benzene rings is 1. The summed E-state index contributed by atoms with van der Waals surface area (Å²) in [5, 5.41) is 3.35. The van der Waals surface area contributed by atoms with Crippen LogP contribution in [-0.4, -0.2) is 25.5 Å². The fraction of sp³-hybridized carbons (Fsp3) is 0.562. The van der Waals surface area contributed by atoms with Crippen LogP contribution in [0.2, 0.25) is 0 Å². The molecule has 0 spiro atoms. The van der Waals surface area contributed by atoms with E-state index < -0.39 is 0 Å². The largest absolute Gasteiger partial charge is 0.316 e. The number of aryl methyl sites for hydroxylation is 1. The lowest BCUT2D eigenvalue weighted by atomic mass is 10.0. The summed E-state index contributed by atoms with van der Waals surface area (Å²) in [5.74, 6) is 0.931. The number of halogens is 1. The van der Waals surface area contributed by atoms with E-state index in [4.69, 9.17) is 0 Å². The van der Waals surface area contributed by atoms with E-state index in [1.165, 1.54) is 12.0 Å². The Hall–Kier alpha value is -1.06. The van der Waals surface area contributed by atoms with Gasteiger partial charge in [-0.25, -0.2) is 0 Å². The van der Waals surface area contributed by atoms with E-state index in [1.807, 2.05) is 24.0 Å². The molecule has 1 heterocycles. The minimum atomic E-state index is 0. The predicted molar refractivity (Wildman–Crippen MR) is 86.7 cm³/mol. The van der Waals surface area contributed by atoms with Crippen LogP contribution < -0.4 is 10.2 Å². The van der Waals surface area contributed by atoms with Crippen LogP contribution in [0.3, 0.4) is 0 Å². The zero-order chi connectivity index (χ0) is 13.7. The first kappa shape index (κ1) is 17.0. The molecule has 1 unspecified atom stereocenters. The SMILES string of the molecule is CCN(C(=O)CCC1CCNC1)c1cccc(C)c1.Cl. The second-order valence-corrected chi connectivity index (χ2v) is 5.37. The molecule has 1 atom stereocenters. The lowest BCUT2D eigenvalue weighted by molar-refractivity contribution is -0.118. The van der Waals surface area contributed by atoms with Crippen LogP contribution in [0, 0.1) is 12.8 Å². The van der Waals surface area contributed by atoms with Crippen molar-refractivity contribution in [2.45, 2.75) is 33.1 Å². The summed E-state index contributed by atoms with van der Waals surface area (Å²) < 4.78 is 0. The van der Waals surface area contributed by atoms with Crippen LogP contribution in [0.15, 0.2) is 24.3 Å². The van der Waals surface area contributed by atoms with Crippen molar-refractivity contribution in [1.82, 2.24) is 5.32 Å². The maximum Gasteiger partial charge on any atom is 0.226 e. The molecule has 0 radical (unpaired) electrons. The molecular formula is C16H25ClN2O. The maximum atomic E-state index is 12.3. The first-order valence-electron chi connectivity index (χ1n) is 7.28. The summed E-state index contributed by atoms with van der Waals surface area (Å²) in [4.78, 5) is 14.2. The molecule has 1 amide bonds. The summed E-state index contributed by atoms with van der Waals surface area (Å²) in [6, 6.07) is 8.18. The summed E-state index contributed by atoms with van der Waals surface area (Å²) in [6.45, 7) is 7.02. The van der Waals surface area contributed by atoms with Crippen LogP contribution in [0.5, 0.6) is 0 Å². The minimum Gasteiger partial charge on any atom is -0.316 e. The van der Waals surface area contributed by atoms with E-state index in [9.17, 15) is 4.79 Å². The van der Waals surface area contributed by atoms with Crippen LogP contribution in [0.25, 0.3) is 0 Å². The highest BCUT2D eigenvalue weighted by Gasteiger charge is 2.19. The Morgan fingerprint density at radius 1 is 1.45 bits per heavy atom. The minimum absolute atomic E-state index is 0. The van der Waals surface area contributed by atoms with Crippen molar-refractivity contribution in [3.8, 4) is 0 Å². The number of carbonyl (C=O) groups is 1. The van der Waals surface area contributed by atoms with Crippen molar-refractivity contribution in [2.24, 2.45) is 5.92 Å². The molecule has 0 bridgehead atoms. The van der Waals surface area contributed by atoms with Crippen LogP contribution in [0.4, 0.5) is 5.69 Å². The van der Waals surface area contributed by atoms with Crippen LogP contribution in [0.1, 0.15) is 31.7 Å². The highest BCUT2D eigenvalue weighted by molar-refractivity contribution is 5.93. The van der Waals surface area contributed by atoms with Gasteiger partial charge < -0.3 is 10.2 Å². The first-order chi connectivity index (χ1) is 9.20. The van der Waals surface area contributed by atoms with Gasteiger partial charge in [-0.3, -0.25) is 4.79 Å². The van der Waals surface area contributed by atoms with Crippen LogP contribution in [-0.2, 0) is 4.79 Å². The second kappa shape index (κ2) is 8.28. The molecule has 4 heteroatoms. The number of hydrogen-bond acceptors (Lipinski definition) is 2. The molecule has 1 aromatic carbocycles. The highest BCUT2D eigenvalue weighted by Crippen LogP contribution is 2.20. The lowest BCUT2D eigenvalue weighted by Gasteiger charge is -2.22. The number of hydrogen-bond donors (Lipinski definition) is 1. The smallest absolute Gasteiger partial charge is 0.226 e. The van der Waals surface area contributed by atoms with Gasteiger partial charge in [0.15, 0.2) is 0 Å². The van der Waals surface area contributed by atoms with E-state index in [0.29, 0.717) is 12.3 Å². The van der Waals surface area contributed by atoms with Gasteiger partial charge in [-0.1, -0.05) is 12.1 Å². The van der Waals surface area contributed by atoms with Gasteiger partial charge in [0, 0.05) is 18.7 Å². The molecule has 0 aromatic heterocycles. The highest BCUT2D eigenvalue weighted by atomic mass is 35.5. The van der Waals surface area contributed by atoms with Gasteiger partial charge in [0.2, 0.25) is 5.91 Å². The Morgan fingerprint density at radius 3 is 2.85 bits per heavy atom. The van der Waals surface area contributed by atoms with E-state index in [0.717, 1.165) is 31.7 Å². The fourth-order valence-electron chi connectivity index (χ4n) is 2.72. The number of nitrogens with one attached hydrogen (secondary N) is 1. The molecule has 1 saturated heterocycles. The molecular weight excluding hydrogens is 272 g/mol. The number of anilines is 1. The fourth-order valence-corrected chi connectivity index (χ4v) is 2.72. The topological polar surface area (TPSA) is 32.3 Å². The van der Waals surface area contributed by atoms with Gasteiger partial charge in [0.05, 0.1) is 0 Å². The van der Waals surface area contributed by atoms with Crippen LogP contribution >= 0.6 is 12.4 Å². The van der Waals surface area contributed by atoms with Gasteiger partial charge in [-0.2, -0.15) is 0 Å². The van der Waals surface area contributed by atoms with E-state index in [1.54, 1.807) is 0 Å². The molecule has 1 aliphatic heterocycles. The standard InChI is InChI=1S/C16H24N2O.ClH/c1-3-18(15-6-4-5-13(2)11-15)16(19)8-7-14-9-10-17-12-14;/h4-6,11,14,17H,3,7-10,12H2,1-2H3;1H. The number of rotatable bonds is 5. The zero-order valence-electron chi connectivity index (χ0n) is 12.4. The average Bonchev–Trinajstić information content (AvgIpc) is 2.90. The zero-order valence-corrected chi connectivity index (χ0v) is 13.2. The maximum absolute atomic E-state index is 12.3. The molecule has 1 N–H and O–H groups in total. The third-order valence-corrected chi connectivity index (χ3v) is 3.86. The molecule has 3 nitrogen and oxygen atoms in total. The van der Waals surface area contributed by atoms with Gasteiger partial charge in [0.1, 0.15) is 0 Å². The molecule has 0 aliphatic carbocycles. The lowest BCUT2D eigenvalue weighted by Crippen LogP contribution is -2.30. The summed E-state index contributed by atoms with van der Waals surface area (Å²) in [7, 11) is 0. The third kappa shape index (κ3) is 4.50. The predicted octanol–water partition coefficient (Wildman–Crippen LogP) is 3.16. The van der Waals surface area contributed by atoms with Gasteiger partial charge in [-0.05, 0) is 63.4 Å². The Kier molecular flexibility index (Phi) is 7.03. The Balaban J connectivity index is 0.00000200. The molecule has 0 saturated carbocycles. The third-order valence-electron chi connectivity index (χ3n) is 3.86. The number of carbonyl (C=O) groups excluding carboxylic acids is 1. The Morgan fingerprint density at radius 2 is 2.25 bits per heavy atom. The second-order valence-electron chi connectivity index (χ2n) is 5.37. The van der Waals surface area contributed by atoms with Gasteiger partial charge >= 0.3 is 0 Å². The number of nitrogens with zero attached hydrogens (tertiary/aromatic N) is 1. The van der Waals surface area contributed by atoms with E-state index in [2.05, 4.69) is 24.4 Å². The van der Waals surface area contributed by atoms with Crippen molar-refractivity contribution in [3.05, 3.63) is 29.8 Å². The Bertz CT molecular complexity index is 430.